The summed E-state index contributed by atoms with van der Waals surface area (Å²) in [6.45, 7) is 8.99. The van der Waals surface area contributed by atoms with E-state index < -0.39 is 0 Å². The van der Waals surface area contributed by atoms with E-state index >= 15 is 0 Å². The normalized spacial score (nSPS) is 30.7. The van der Waals surface area contributed by atoms with Gasteiger partial charge in [-0.3, -0.25) is 9.88 Å². The van der Waals surface area contributed by atoms with E-state index in [0.29, 0.717) is 6.10 Å². The Balaban J connectivity index is 1.38. The summed E-state index contributed by atoms with van der Waals surface area (Å²) in [6.07, 6.45) is 11.2. The standard InChI is InChI=1S/C25H34N2OS/c1-19-6-7-20(17-26-19)25(12-13-25)27-15-14-24(18-27,11-8-21-5-4-16-29-21)22-9-10-23(2,3)28-22/h4-7,16-17,22H,8-15,18H2,1-3H3/t22?,24-/m1/s1. The van der Waals surface area contributed by atoms with Crippen molar-refractivity contribution in [2.24, 2.45) is 5.41 Å². The number of likely N-dealkylation sites (tertiary alicyclic amines) is 1. The molecule has 29 heavy (non-hydrogen) atoms. The lowest BCUT2D eigenvalue weighted by Gasteiger charge is -2.38. The SMILES string of the molecule is Cc1ccc(C2(N3CC[C@@](CCc4cccs4)(C4CCC(C)(C)O4)C3)CC2)cn1. The monoisotopic (exact) mass is 410 g/mol. The molecule has 0 radical (unpaired) electrons. The van der Waals surface area contributed by atoms with Crippen LogP contribution in [0, 0.1) is 12.3 Å². The number of nitrogens with zero attached hydrogens (tertiary/aromatic N) is 2. The molecule has 1 aliphatic carbocycles. The van der Waals surface area contributed by atoms with Crippen LogP contribution in [-0.2, 0) is 16.7 Å². The molecule has 0 bridgehead atoms. The van der Waals surface area contributed by atoms with Gasteiger partial charge in [-0.15, -0.1) is 11.3 Å². The van der Waals surface area contributed by atoms with E-state index in [1.54, 1.807) is 0 Å². The quantitative estimate of drug-likeness (QED) is 0.609. The summed E-state index contributed by atoms with van der Waals surface area (Å²) in [5.41, 5.74) is 3.08. The minimum Gasteiger partial charge on any atom is -0.372 e. The van der Waals surface area contributed by atoms with Crippen molar-refractivity contribution in [1.29, 1.82) is 0 Å². The maximum atomic E-state index is 6.67. The van der Waals surface area contributed by atoms with Crippen LogP contribution >= 0.6 is 11.3 Å². The molecule has 3 aliphatic rings. The summed E-state index contributed by atoms with van der Waals surface area (Å²) >= 11 is 1.90. The van der Waals surface area contributed by atoms with Crippen molar-refractivity contribution in [3.63, 3.8) is 0 Å². The Bertz CT molecular complexity index is 840. The third kappa shape index (κ3) is 3.68. The van der Waals surface area contributed by atoms with Crippen molar-refractivity contribution in [3.8, 4) is 0 Å². The maximum Gasteiger partial charge on any atom is 0.0652 e. The van der Waals surface area contributed by atoms with Gasteiger partial charge in [0.2, 0.25) is 0 Å². The van der Waals surface area contributed by atoms with Crippen molar-refractivity contribution in [2.75, 3.05) is 13.1 Å². The molecule has 1 saturated carbocycles. The molecule has 0 N–H and O–H groups in total. The van der Waals surface area contributed by atoms with Gasteiger partial charge in [-0.05, 0) is 95.3 Å². The zero-order valence-electron chi connectivity index (χ0n) is 18.1. The summed E-state index contributed by atoms with van der Waals surface area (Å²) in [5.74, 6) is 0. The number of hydrogen-bond donors (Lipinski definition) is 0. The summed E-state index contributed by atoms with van der Waals surface area (Å²) in [4.78, 5) is 8.92. The van der Waals surface area contributed by atoms with Crippen LogP contribution in [0.5, 0.6) is 0 Å². The summed E-state index contributed by atoms with van der Waals surface area (Å²) in [7, 11) is 0. The van der Waals surface area contributed by atoms with Crippen molar-refractivity contribution >= 4 is 11.3 Å². The van der Waals surface area contributed by atoms with Crippen molar-refractivity contribution in [2.45, 2.75) is 83.0 Å². The third-order valence-electron chi connectivity index (χ3n) is 7.77. The van der Waals surface area contributed by atoms with E-state index in [0.717, 1.165) is 5.69 Å². The molecule has 3 fully saturated rings. The molecule has 4 heterocycles. The second-order valence-corrected chi connectivity index (χ2v) is 11.3. The Morgan fingerprint density at radius 3 is 2.66 bits per heavy atom. The lowest BCUT2D eigenvalue weighted by atomic mass is 9.75. The predicted octanol–water partition coefficient (Wildman–Crippen LogP) is 5.72. The molecule has 1 unspecified atom stereocenters. The summed E-state index contributed by atoms with van der Waals surface area (Å²) in [6, 6.07) is 8.98. The largest absolute Gasteiger partial charge is 0.372 e. The summed E-state index contributed by atoms with van der Waals surface area (Å²) in [5, 5.41) is 2.21. The van der Waals surface area contributed by atoms with Crippen LogP contribution in [0.1, 0.15) is 68.5 Å². The Morgan fingerprint density at radius 1 is 1.17 bits per heavy atom. The van der Waals surface area contributed by atoms with Crippen molar-refractivity contribution < 1.29 is 4.74 Å². The second kappa shape index (κ2) is 7.18. The van der Waals surface area contributed by atoms with E-state index in [4.69, 9.17) is 4.74 Å². The molecule has 2 aromatic rings. The Morgan fingerprint density at radius 2 is 2.03 bits per heavy atom. The lowest BCUT2D eigenvalue weighted by molar-refractivity contribution is -0.0777. The van der Waals surface area contributed by atoms with Crippen LogP contribution in [0.25, 0.3) is 0 Å². The van der Waals surface area contributed by atoms with Gasteiger partial charge in [0, 0.05) is 34.3 Å². The molecule has 0 spiro atoms. The van der Waals surface area contributed by atoms with Crippen molar-refractivity contribution in [1.82, 2.24) is 9.88 Å². The van der Waals surface area contributed by atoms with Crippen LogP contribution in [0.15, 0.2) is 35.8 Å². The van der Waals surface area contributed by atoms with Gasteiger partial charge in [0.25, 0.3) is 0 Å². The molecule has 0 aromatic carbocycles. The highest BCUT2D eigenvalue weighted by Crippen LogP contribution is 2.56. The van der Waals surface area contributed by atoms with E-state index in [1.165, 1.54) is 68.5 Å². The minimum absolute atomic E-state index is 0.0339. The van der Waals surface area contributed by atoms with Gasteiger partial charge in [-0.25, -0.2) is 0 Å². The van der Waals surface area contributed by atoms with Crippen LogP contribution in [0.3, 0.4) is 0 Å². The Kier molecular flexibility index (Phi) is 4.88. The molecule has 4 heteroatoms. The number of hydrogen-bond acceptors (Lipinski definition) is 4. The third-order valence-corrected chi connectivity index (χ3v) is 8.70. The van der Waals surface area contributed by atoms with Gasteiger partial charge in [0.1, 0.15) is 0 Å². The zero-order chi connectivity index (χ0) is 20.1. The number of thiophene rings is 1. The van der Waals surface area contributed by atoms with Gasteiger partial charge in [-0.1, -0.05) is 12.1 Å². The van der Waals surface area contributed by atoms with Gasteiger partial charge in [0.05, 0.1) is 11.7 Å². The predicted molar refractivity (Wildman–Crippen MR) is 119 cm³/mol. The number of pyridine rings is 1. The molecule has 2 aliphatic heterocycles. The lowest BCUT2D eigenvalue weighted by Crippen LogP contribution is -2.42. The van der Waals surface area contributed by atoms with Gasteiger partial charge < -0.3 is 4.74 Å². The van der Waals surface area contributed by atoms with E-state index in [2.05, 4.69) is 66.5 Å². The topological polar surface area (TPSA) is 25.4 Å². The first kappa shape index (κ1) is 19.7. The summed E-state index contributed by atoms with van der Waals surface area (Å²) < 4.78 is 6.67. The zero-order valence-corrected chi connectivity index (χ0v) is 18.9. The fraction of sp³-hybridized carbons (Fsp3) is 0.640. The molecular formula is C25H34N2OS. The Labute approximate surface area is 179 Å². The first-order valence-corrected chi connectivity index (χ1v) is 12.2. The van der Waals surface area contributed by atoms with Crippen LogP contribution in [0.2, 0.25) is 0 Å². The van der Waals surface area contributed by atoms with Crippen LogP contribution in [-0.4, -0.2) is 34.7 Å². The Hall–Kier alpha value is -1.23. The first-order valence-electron chi connectivity index (χ1n) is 11.3. The smallest absolute Gasteiger partial charge is 0.0652 e. The van der Waals surface area contributed by atoms with E-state index in [1.807, 2.05) is 11.3 Å². The highest BCUT2D eigenvalue weighted by Gasteiger charge is 2.57. The molecule has 156 valence electrons. The number of aromatic nitrogens is 1. The first-order chi connectivity index (χ1) is 13.9. The van der Waals surface area contributed by atoms with Crippen LogP contribution < -0.4 is 0 Å². The van der Waals surface area contributed by atoms with Crippen molar-refractivity contribution in [3.05, 3.63) is 52.0 Å². The number of ether oxygens (including phenoxy) is 1. The molecule has 5 rings (SSSR count). The van der Waals surface area contributed by atoms with Crippen LogP contribution in [0.4, 0.5) is 0 Å². The molecule has 0 amide bonds. The number of rotatable bonds is 6. The number of aryl methyl sites for hydroxylation is 2. The average molecular weight is 411 g/mol. The van der Waals surface area contributed by atoms with E-state index in [-0.39, 0.29) is 16.6 Å². The fourth-order valence-corrected chi connectivity index (χ4v) is 6.49. The fourth-order valence-electron chi connectivity index (χ4n) is 5.78. The molecule has 2 atom stereocenters. The van der Waals surface area contributed by atoms with Gasteiger partial charge in [0.15, 0.2) is 0 Å². The molecule has 2 aromatic heterocycles. The molecule has 2 saturated heterocycles. The average Bonchev–Trinajstić information content (AvgIpc) is 3.05. The minimum atomic E-state index is 0.0339. The van der Waals surface area contributed by atoms with E-state index in [9.17, 15) is 0 Å². The highest BCUT2D eigenvalue weighted by molar-refractivity contribution is 7.09. The van der Waals surface area contributed by atoms with Gasteiger partial charge >= 0.3 is 0 Å². The second-order valence-electron chi connectivity index (χ2n) is 10.2. The van der Waals surface area contributed by atoms with Gasteiger partial charge in [-0.2, -0.15) is 0 Å². The maximum absolute atomic E-state index is 6.67. The molecule has 3 nitrogen and oxygen atoms in total. The molecular weight excluding hydrogens is 376 g/mol. The highest BCUT2D eigenvalue weighted by atomic mass is 32.1.